The van der Waals surface area contributed by atoms with Crippen molar-refractivity contribution in [2.75, 3.05) is 17.6 Å². The third-order valence-corrected chi connectivity index (χ3v) is 2.57. The van der Waals surface area contributed by atoms with Crippen LogP contribution in [0.4, 0.5) is 11.6 Å². The summed E-state index contributed by atoms with van der Waals surface area (Å²) in [6, 6.07) is 10.4. The number of anilines is 2. The van der Waals surface area contributed by atoms with Crippen LogP contribution in [0.15, 0.2) is 36.5 Å². The fourth-order valence-electron chi connectivity index (χ4n) is 1.64. The zero-order valence-electron chi connectivity index (χ0n) is 9.85. The number of rotatable bonds is 4. The van der Waals surface area contributed by atoms with E-state index in [0.717, 1.165) is 24.3 Å². The van der Waals surface area contributed by atoms with Gasteiger partial charge in [-0.2, -0.15) is 0 Å². The Hall–Kier alpha value is -2.10. The number of hydrogen-bond acceptors (Lipinski definition) is 4. The molecule has 0 unspecified atom stereocenters. The van der Waals surface area contributed by atoms with E-state index >= 15 is 0 Å². The topological polar surface area (TPSA) is 63.8 Å². The highest BCUT2D eigenvalue weighted by molar-refractivity contribution is 5.47. The molecule has 88 valence electrons. The smallest absolute Gasteiger partial charge is 0.220 e. The maximum atomic E-state index is 5.50. The summed E-state index contributed by atoms with van der Waals surface area (Å²) in [5, 5.41) is 3.31. The molecule has 2 aromatic rings. The second-order valence-corrected chi connectivity index (χ2v) is 3.89. The Morgan fingerprint density at radius 1 is 1.24 bits per heavy atom. The summed E-state index contributed by atoms with van der Waals surface area (Å²) < 4.78 is 0. The lowest BCUT2D eigenvalue weighted by molar-refractivity contribution is 1.00. The Balaban J connectivity index is 1.90. The number of aromatic nitrogens is 2. The molecule has 0 spiro atoms. The van der Waals surface area contributed by atoms with E-state index in [1.54, 1.807) is 6.20 Å². The van der Waals surface area contributed by atoms with E-state index in [1.807, 2.05) is 25.1 Å². The van der Waals surface area contributed by atoms with Gasteiger partial charge in [-0.15, -0.1) is 0 Å². The minimum Gasteiger partial charge on any atom is -0.382 e. The third kappa shape index (κ3) is 3.17. The molecule has 17 heavy (non-hydrogen) atoms. The minimum atomic E-state index is 0.316. The zero-order valence-corrected chi connectivity index (χ0v) is 9.85. The van der Waals surface area contributed by atoms with Crippen molar-refractivity contribution in [3.8, 4) is 0 Å². The van der Waals surface area contributed by atoms with E-state index in [0.29, 0.717) is 5.95 Å². The van der Waals surface area contributed by atoms with Gasteiger partial charge < -0.3 is 11.1 Å². The fraction of sp³-hybridized carbons (Fsp3) is 0.231. The van der Waals surface area contributed by atoms with Crippen LogP contribution >= 0.6 is 0 Å². The molecule has 1 aromatic heterocycles. The van der Waals surface area contributed by atoms with Gasteiger partial charge in [0, 0.05) is 6.54 Å². The second kappa shape index (κ2) is 5.30. The molecular formula is C13H16N4. The Morgan fingerprint density at radius 3 is 2.71 bits per heavy atom. The van der Waals surface area contributed by atoms with Crippen molar-refractivity contribution in [3.63, 3.8) is 0 Å². The predicted molar refractivity (Wildman–Crippen MR) is 69.8 cm³/mol. The highest BCUT2D eigenvalue weighted by Crippen LogP contribution is 2.11. The van der Waals surface area contributed by atoms with Crippen molar-refractivity contribution >= 4 is 11.6 Å². The van der Waals surface area contributed by atoms with Gasteiger partial charge in [-0.1, -0.05) is 30.3 Å². The van der Waals surface area contributed by atoms with Gasteiger partial charge in [0.05, 0.1) is 17.6 Å². The number of nitrogens with zero attached hydrogens (tertiary/aromatic N) is 2. The molecule has 0 saturated carbocycles. The van der Waals surface area contributed by atoms with E-state index in [-0.39, 0.29) is 0 Å². The van der Waals surface area contributed by atoms with Crippen molar-refractivity contribution in [3.05, 3.63) is 47.8 Å². The van der Waals surface area contributed by atoms with Gasteiger partial charge in [0.1, 0.15) is 0 Å². The van der Waals surface area contributed by atoms with Crippen LogP contribution in [0.25, 0.3) is 0 Å². The maximum Gasteiger partial charge on any atom is 0.220 e. The lowest BCUT2D eigenvalue weighted by Gasteiger charge is -2.08. The van der Waals surface area contributed by atoms with Gasteiger partial charge in [-0.25, -0.2) is 9.97 Å². The van der Waals surface area contributed by atoms with Crippen molar-refractivity contribution in [1.29, 1.82) is 0 Å². The van der Waals surface area contributed by atoms with E-state index in [4.69, 9.17) is 5.73 Å². The van der Waals surface area contributed by atoms with Crippen molar-refractivity contribution in [1.82, 2.24) is 9.97 Å². The summed E-state index contributed by atoms with van der Waals surface area (Å²) in [5.41, 5.74) is 8.63. The summed E-state index contributed by atoms with van der Waals surface area (Å²) in [6.45, 7) is 2.78. The molecule has 1 heterocycles. The van der Waals surface area contributed by atoms with Gasteiger partial charge in [0.2, 0.25) is 5.95 Å². The first kappa shape index (κ1) is 11.4. The number of aryl methyl sites for hydroxylation is 1. The first-order valence-corrected chi connectivity index (χ1v) is 5.62. The van der Waals surface area contributed by atoms with E-state index in [2.05, 4.69) is 27.4 Å². The quantitative estimate of drug-likeness (QED) is 0.840. The molecule has 4 nitrogen and oxygen atoms in total. The molecular weight excluding hydrogens is 212 g/mol. The van der Waals surface area contributed by atoms with Crippen LogP contribution < -0.4 is 11.1 Å². The molecule has 4 heteroatoms. The van der Waals surface area contributed by atoms with Crippen LogP contribution in [-0.2, 0) is 6.42 Å². The van der Waals surface area contributed by atoms with Crippen LogP contribution in [0.3, 0.4) is 0 Å². The summed E-state index contributed by atoms with van der Waals surface area (Å²) >= 11 is 0. The molecule has 0 bridgehead atoms. The molecule has 0 aliphatic carbocycles. The lowest BCUT2D eigenvalue weighted by Crippen LogP contribution is -2.08. The SMILES string of the molecule is Cc1nc(N)ncc1NCCc1ccccc1. The highest BCUT2D eigenvalue weighted by Gasteiger charge is 2.00. The van der Waals surface area contributed by atoms with Crippen molar-refractivity contribution in [2.24, 2.45) is 0 Å². The number of hydrogen-bond donors (Lipinski definition) is 2. The van der Waals surface area contributed by atoms with Crippen molar-refractivity contribution < 1.29 is 0 Å². The average Bonchev–Trinajstić information content (AvgIpc) is 2.33. The molecule has 0 atom stereocenters. The Kier molecular flexibility index (Phi) is 3.55. The van der Waals surface area contributed by atoms with Gasteiger partial charge in [-0.05, 0) is 18.9 Å². The number of nitrogens with two attached hydrogens (primary N) is 1. The van der Waals surface area contributed by atoms with E-state index in [9.17, 15) is 0 Å². The summed E-state index contributed by atoms with van der Waals surface area (Å²) in [7, 11) is 0. The van der Waals surface area contributed by atoms with Crippen LogP contribution in [0.1, 0.15) is 11.3 Å². The molecule has 0 amide bonds. The lowest BCUT2D eigenvalue weighted by atomic mass is 10.1. The first-order valence-electron chi connectivity index (χ1n) is 5.62. The van der Waals surface area contributed by atoms with Gasteiger partial charge in [0.15, 0.2) is 0 Å². The summed E-state index contributed by atoms with van der Waals surface area (Å²) in [5.74, 6) is 0.316. The minimum absolute atomic E-state index is 0.316. The van der Waals surface area contributed by atoms with Crippen LogP contribution in [0, 0.1) is 6.92 Å². The average molecular weight is 228 g/mol. The number of nitrogens with one attached hydrogen (secondary N) is 1. The predicted octanol–water partition coefficient (Wildman–Crippen LogP) is 2.02. The van der Waals surface area contributed by atoms with E-state index in [1.165, 1.54) is 5.56 Å². The molecule has 1 aromatic carbocycles. The van der Waals surface area contributed by atoms with Crippen LogP contribution in [0.5, 0.6) is 0 Å². The third-order valence-electron chi connectivity index (χ3n) is 2.57. The molecule has 3 N–H and O–H groups in total. The Morgan fingerprint density at radius 2 is 2.00 bits per heavy atom. The van der Waals surface area contributed by atoms with Gasteiger partial charge in [-0.3, -0.25) is 0 Å². The van der Waals surface area contributed by atoms with E-state index < -0.39 is 0 Å². The standard InChI is InChI=1S/C13H16N4/c1-10-12(9-16-13(14)17-10)15-8-7-11-5-3-2-4-6-11/h2-6,9,15H,7-8H2,1H3,(H2,14,16,17). The number of nitrogen functional groups attached to an aromatic ring is 1. The van der Waals surface area contributed by atoms with Gasteiger partial charge >= 0.3 is 0 Å². The Bertz CT molecular complexity index is 482. The monoisotopic (exact) mass is 228 g/mol. The second-order valence-electron chi connectivity index (χ2n) is 3.89. The molecule has 0 aliphatic heterocycles. The number of benzene rings is 1. The fourth-order valence-corrected chi connectivity index (χ4v) is 1.64. The maximum absolute atomic E-state index is 5.50. The molecule has 0 aliphatic rings. The highest BCUT2D eigenvalue weighted by atomic mass is 15.0. The van der Waals surface area contributed by atoms with Crippen molar-refractivity contribution in [2.45, 2.75) is 13.3 Å². The summed E-state index contributed by atoms with van der Waals surface area (Å²) in [6.07, 6.45) is 2.70. The normalized spacial score (nSPS) is 10.2. The summed E-state index contributed by atoms with van der Waals surface area (Å²) in [4.78, 5) is 8.07. The van der Waals surface area contributed by atoms with Crippen LogP contribution in [0.2, 0.25) is 0 Å². The zero-order chi connectivity index (χ0) is 12.1. The van der Waals surface area contributed by atoms with Crippen LogP contribution in [-0.4, -0.2) is 16.5 Å². The molecule has 2 rings (SSSR count). The Labute approximate surface area is 101 Å². The first-order chi connectivity index (χ1) is 8.25. The molecule has 0 fully saturated rings. The largest absolute Gasteiger partial charge is 0.382 e. The van der Waals surface area contributed by atoms with Gasteiger partial charge in [0.25, 0.3) is 0 Å². The molecule has 0 radical (unpaired) electrons. The molecule has 0 saturated heterocycles.